The second kappa shape index (κ2) is 9.91. The molecule has 1 rings (SSSR count). The van der Waals surface area contributed by atoms with Gasteiger partial charge >= 0.3 is 12.1 Å². The van der Waals surface area contributed by atoms with E-state index in [1.807, 2.05) is 6.92 Å². The van der Waals surface area contributed by atoms with Crippen LogP contribution in [0.15, 0.2) is 23.2 Å². The highest BCUT2D eigenvalue weighted by molar-refractivity contribution is 8.00. The van der Waals surface area contributed by atoms with E-state index in [0.717, 1.165) is 43.6 Å². The number of hydrogen-bond donors (Lipinski definition) is 1. The second-order valence-corrected chi connectivity index (χ2v) is 7.18. The molecule has 1 N–H and O–H groups in total. The molecule has 0 amide bonds. The van der Waals surface area contributed by atoms with E-state index in [-0.39, 0.29) is 11.3 Å². The summed E-state index contributed by atoms with van der Waals surface area (Å²) >= 11 is 0.984. The zero-order chi connectivity index (χ0) is 18.2. The number of nitrogens with zero attached hydrogens (tertiary/aromatic N) is 1. The third-order valence-corrected chi connectivity index (χ3v) is 5.15. The first-order valence-corrected chi connectivity index (χ1v) is 9.06. The number of alkyl halides is 3. The predicted octanol–water partition coefficient (Wildman–Crippen LogP) is 5.64. The Bertz CT molecular complexity index is 523. The highest BCUT2D eigenvalue weighted by atomic mass is 32.2. The molecule has 0 bridgehead atoms. The Balaban J connectivity index is 2.92. The maximum absolute atomic E-state index is 13.1. The Morgan fingerprint density at radius 2 is 2.08 bits per heavy atom. The number of unbranched alkanes of at least 4 members (excludes halogenated alkanes) is 1. The zero-order valence-electron chi connectivity index (χ0n) is 14.0. The number of pyridine rings is 1. The SMILES string of the molecule is CCCCC(CC)CC(CC(=O)O)Sc1cccnc1C(F)(F)F. The van der Waals surface area contributed by atoms with Crippen LogP contribution in [0.4, 0.5) is 13.2 Å². The number of hydrogen-bond acceptors (Lipinski definition) is 3. The number of aliphatic carboxylic acids is 1. The van der Waals surface area contributed by atoms with E-state index in [2.05, 4.69) is 11.9 Å². The van der Waals surface area contributed by atoms with Gasteiger partial charge in [-0.3, -0.25) is 9.78 Å². The van der Waals surface area contributed by atoms with Gasteiger partial charge in [-0.25, -0.2) is 0 Å². The summed E-state index contributed by atoms with van der Waals surface area (Å²) in [7, 11) is 0. The van der Waals surface area contributed by atoms with Crippen molar-refractivity contribution in [2.24, 2.45) is 5.92 Å². The second-order valence-electron chi connectivity index (χ2n) is 5.84. The van der Waals surface area contributed by atoms with Gasteiger partial charge in [0.1, 0.15) is 0 Å². The Morgan fingerprint density at radius 1 is 1.38 bits per heavy atom. The van der Waals surface area contributed by atoms with Gasteiger partial charge in [-0.05, 0) is 24.5 Å². The topological polar surface area (TPSA) is 50.2 Å². The molecule has 1 aromatic heterocycles. The summed E-state index contributed by atoms with van der Waals surface area (Å²) in [6.07, 6.45) is 0.981. The van der Waals surface area contributed by atoms with Crippen LogP contribution in [0.2, 0.25) is 0 Å². The van der Waals surface area contributed by atoms with Crippen LogP contribution in [0, 0.1) is 5.92 Å². The van der Waals surface area contributed by atoms with Gasteiger partial charge in [0.25, 0.3) is 0 Å². The van der Waals surface area contributed by atoms with Crippen LogP contribution < -0.4 is 0 Å². The smallest absolute Gasteiger partial charge is 0.434 e. The number of carboxylic acids is 1. The van der Waals surface area contributed by atoms with E-state index >= 15 is 0 Å². The first kappa shape index (κ1) is 20.8. The number of aromatic nitrogens is 1. The number of carbonyl (C=O) groups is 1. The Kier molecular flexibility index (Phi) is 8.59. The van der Waals surface area contributed by atoms with Crippen molar-refractivity contribution in [2.45, 2.75) is 68.7 Å². The average molecular weight is 363 g/mol. The molecule has 0 radical (unpaired) electrons. The first-order valence-electron chi connectivity index (χ1n) is 8.18. The molecule has 0 aliphatic rings. The fourth-order valence-electron chi connectivity index (χ4n) is 2.60. The van der Waals surface area contributed by atoms with E-state index in [4.69, 9.17) is 5.11 Å². The lowest BCUT2D eigenvalue weighted by atomic mass is 9.93. The Hall–Kier alpha value is -1.24. The summed E-state index contributed by atoms with van der Waals surface area (Å²) in [4.78, 5) is 14.6. The number of carboxylic acid groups (broad SMARTS) is 1. The lowest BCUT2D eigenvalue weighted by Gasteiger charge is -2.22. The molecule has 0 aliphatic heterocycles. The maximum atomic E-state index is 13.1. The molecule has 2 atom stereocenters. The number of rotatable bonds is 10. The highest BCUT2D eigenvalue weighted by Crippen LogP contribution is 2.39. The number of halogens is 3. The third-order valence-electron chi connectivity index (χ3n) is 3.87. The summed E-state index contributed by atoms with van der Waals surface area (Å²) < 4.78 is 39.2. The minimum absolute atomic E-state index is 0.00148. The average Bonchev–Trinajstić information content (AvgIpc) is 2.50. The van der Waals surface area contributed by atoms with Crippen molar-refractivity contribution in [1.29, 1.82) is 0 Å². The van der Waals surface area contributed by atoms with Gasteiger partial charge in [0, 0.05) is 16.3 Å². The van der Waals surface area contributed by atoms with Gasteiger partial charge in [-0.1, -0.05) is 39.5 Å². The van der Waals surface area contributed by atoms with Crippen LogP contribution >= 0.6 is 11.8 Å². The maximum Gasteiger partial charge on any atom is 0.434 e. The normalized spacial score (nSPS) is 14.4. The van der Waals surface area contributed by atoms with Gasteiger partial charge in [-0.15, -0.1) is 11.8 Å². The third kappa shape index (κ3) is 7.11. The van der Waals surface area contributed by atoms with E-state index in [0.29, 0.717) is 12.3 Å². The van der Waals surface area contributed by atoms with Crippen molar-refractivity contribution < 1.29 is 23.1 Å². The lowest BCUT2D eigenvalue weighted by molar-refractivity contribution is -0.143. The van der Waals surface area contributed by atoms with E-state index in [1.165, 1.54) is 12.1 Å². The molecule has 7 heteroatoms. The molecule has 0 saturated carbocycles. The van der Waals surface area contributed by atoms with Crippen LogP contribution in [-0.4, -0.2) is 21.3 Å². The van der Waals surface area contributed by atoms with E-state index in [1.54, 1.807) is 0 Å². The van der Waals surface area contributed by atoms with Gasteiger partial charge in [0.2, 0.25) is 0 Å². The van der Waals surface area contributed by atoms with Crippen LogP contribution in [-0.2, 0) is 11.0 Å². The predicted molar refractivity (Wildman–Crippen MR) is 89.1 cm³/mol. The van der Waals surface area contributed by atoms with Crippen molar-refractivity contribution in [3.63, 3.8) is 0 Å². The van der Waals surface area contributed by atoms with Gasteiger partial charge in [0.05, 0.1) is 6.42 Å². The largest absolute Gasteiger partial charge is 0.481 e. The molecule has 0 saturated heterocycles. The van der Waals surface area contributed by atoms with E-state index < -0.39 is 23.1 Å². The minimum Gasteiger partial charge on any atom is -0.481 e. The molecule has 1 aromatic rings. The van der Waals surface area contributed by atoms with Crippen LogP contribution in [0.1, 0.15) is 58.1 Å². The lowest BCUT2D eigenvalue weighted by Crippen LogP contribution is -2.17. The van der Waals surface area contributed by atoms with Crippen LogP contribution in [0.3, 0.4) is 0 Å². The van der Waals surface area contributed by atoms with Gasteiger partial charge in [-0.2, -0.15) is 13.2 Å². The van der Waals surface area contributed by atoms with Gasteiger partial charge in [0.15, 0.2) is 5.69 Å². The summed E-state index contributed by atoms with van der Waals surface area (Å²) in [5.41, 5.74) is -0.938. The molecular weight excluding hydrogens is 339 g/mol. The molecule has 2 unspecified atom stereocenters. The van der Waals surface area contributed by atoms with Crippen molar-refractivity contribution in [3.8, 4) is 0 Å². The molecule has 0 fully saturated rings. The molecule has 0 aromatic carbocycles. The zero-order valence-corrected chi connectivity index (χ0v) is 14.8. The molecule has 3 nitrogen and oxygen atoms in total. The van der Waals surface area contributed by atoms with E-state index in [9.17, 15) is 18.0 Å². The summed E-state index contributed by atoms with van der Waals surface area (Å²) in [6, 6.07) is 2.81. The molecule has 1 heterocycles. The Morgan fingerprint density at radius 3 is 2.62 bits per heavy atom. The van der Waals surface area contributed by atoms with Crippen LogP contribution in [0.5, 0.6) is 0 Å². The molecule has 24 heavy (non-hydrogen) atoms. The van der Waals surface area contributed by atoms with Crippen molar-refractivity contribution in [2.75, 3.05) is 0 Å². The van der Waals surface area contributed by atoms with Crippen molar-refractivity contribution in [1.82, 2.24) is 4.98 Å². The molecular formula is C17H24F3NO2S. The fraction of sp³-hybridized carbons (Fsp3) is 0.647. The van der Waals surface area contributed by atoms with Crippen LogP contribution in [0.25, 0.3) is 0 Å². The monoisotopic (exact) mass is 363 g/mol. The molecule has 136 valence electrons. The summed E-state index contributed by atoms with van der Waals surface area (Å²) in [6.45, 7) is 4.12. The fourth-order valence-corrected chi connectivity index (χ4v) is 3.99. The summed E-state index contributed by atoms with van der Waals surface area (Å²) in [5.74, 6) is -0.664. The first-order chi connectivity index (χ1) is 11.3. The van der Waals surface area contributed by atoms with Gasteiger partial charge < -0.3 is 5.11 Å². The molecule has 0 aliphatic carbocycles. The highest BCUT2D eigenvalue weighted by Gasteiger charge is 2.36. The molecule has 0 spiro atoms. The van der Waals surface area contributed by atoms with Crippen molar-refractivity contribution in [3.05, 3.63) is 24.0 Å². The number of thioether (sulfide) groups is 1. The summed E-state index contributed by atoms with van der Waals surface area (Å²) in [5, 5.41) is 8.71. The van der Waals surface area contributed by atoms with Crippen molar-refractivity contribution >= 4 is 17.7 Å². The quantitative estimate of drug-likeness (QED) is 0.546. The Labute approximate surface area is 145 Å². The standard InChI is InChI=1S/C17H24F3NO2S/c1-3-5-7-12(4-2)10-13(11-15(22)23)24-14-8-6-9-21-16(14)17(18,19)20/h6,8-9,12-13H,3-5,7,10-11H2,1-2H3,(H,22,23). The minimum atomic E-state index is -4.54.